The largest absolute Gasteiger partial charge is 0.393 e. The van der Waals surface area contributed by atoms with Crippen LogP contribution in [0.2, 0.25) is 5.15 Å². The van der Waals surface area contributed by atoms with Crippen molar-refractivity contribution in [3.8, 4) is 11.3 Å². The molecule has 0 saturated carbocycles. The van der Waals surface area contributed by atoms with Crippen molar-refractivity contribution >= 4 is 40.4 Å². The molecule has 0 aliphatic carbocycles. The standard InChI is InChI=1S/C25H31ClFN9O/c1-15-12-36(13-16(2)34(15)3)21-11-18(27)17(10-20(21)32-24-22(28)23(26)30-14-31-24)19-4-5-29-25(33-19)35-6-8-37-9-7-35/h4-5,10-11,14-16H,6-9,12-13,28H2,1-3H3,(H,30,31,32)/t15-,16+. The maximum Gasteiger partial charge on any atom is 0.226 e. The van der Waals surface area contributed by atoms with E-state index in [1.807, 2.05) is 4.90 Å². The van der Waals surface area contributed by atoms with Gasteiger partial charge < -0.3 is 25.6 Å². The number of anilines is 5. The summed E-state index contributed by atoms with van der Waals surface area (Å²) in [5.74, 6) is 0.526. The van der Waals surface area contributed by atoms with E-state index in [2.05, 4.69) is 55.9 Å². The molecule has 3 aromatic rings. The molecule has 196 valence electrons. The first kappa shape index (κ1) is 25.4. The summed E-state index contributed by atoms with van der Waals surface area (Å²) in [4.78, 5) is 23.8. The SMILES string of the molecule is C[C@@H]1CN(c2cc(F)c(-c3ccnc(N4CCOCC4)n3)cc2Nc2ncnc(Cl)c2N)C[C@H](C)N1C. The number of nitrogens with two attached hydrogens (primary N) is 1. The van der Waals surface area contributed by atoms with E-state index in [1.165, 1.54) is 6.33 Å². The van der Waals surface area contributed by atoms with E-state index in [-0.39, 0.29) is 28.7 Å². The fourth-order valence-electron chi connectivity index (χ4n) is 4.74. The number of aromatic nitrogens is 4. The molecule has 2 fully saturated rings. The van der Waals surface area contributed by atoms with Gasteiger partial charge in [-0.1, -0.05) is 11.6 Å². The maximum atomic E-state index is 15.8. The Morgan fingerprint density at radius 3 is 2.54 bits per heavy atom. The lowest BCUT2D eigenvalue weighted by molar-refractivity contribution is 0.122. The number of likely N-dealkylation sites (N-methyl/N-ethyl adjacent to an activating group) is 1. The van der Waals surface area contributed by atoms with Crippen LogP contribution in [-0.4, -0.2) is 83.4 Å². The summed E-state index contributed by atoms with van der Waals surface area (Å²) in [5, 5.41) is 3.43. The Bertz CT molecular complexity index is 1260. The molecule has 0 unspecified atom stereocenters. The second-order valence-corrected chi connectivity index (χ2v) is 9.87. The highest BCUT2D eigenvalue weighted by atomic mass is 35.5. The Morgan fingerprint density at radius 2 is 1.81 bits per heavy atom. The molecule has 5 rings (SSSR count). The van der Waals surface area contributed by atoms with Crippen molar-refractivity contribution in [1.82, 2.24) is 24.8 Å². The zero-order chi connectivity index (χ0) is 26.1. The quantitative estimate of drug-likeness (QED) is 0.479. The molecule has 0 bridgehead atoms. The molecule has 0 radical (unpaired) electrons. The van der Waals surface area contributed by atoms with E-state index >= 15 is 4.39 Å². The van der Waals surface area contributed by atoms with Crippen LogP contribution in [0.1, 0.15) is 13.8 Å². The molecular weight excluding hydrogens is 497 g/mol. The van der Waals surface area contributed by atoms with E-state index in [0.717, 1.165) is 13.1 Å². The number of nitrogens with one attached hydrogen (secondary N) is 1. The van der Waals surface area contributed by atoms with Gasteiger partial charge in [-0.2, -0.15) is 0 Å². The smallest absolute Gasteiger partial charge is 0.226 e. The Hall–Kier alpha value is -3.28. The van der Waals surface area contributed by atoms with E-state index in [1.54, 1.807) is 24.4 Å². The van der Waals surface area contributed by atoms with Crippen LogP contribution in [0.25, 0.3) is 11.3 Å². The van der Waals surface area contributed by atoms with Crippen LogP contribution < -0.4 is 20.9 Å². The third-order valence-corrected chi connectivity index (χ3v) is 7.39. The zero-order valence-electron chi connectivity index (χ0n) is 21.2. The van der Waals surface area contributed by atoms with E-state index < -0.39 is 0 Å². The molecule has 2 atom stereocenters. The molecular formula is C25H31ClFN9O. The highest BCUT2D eigenvalue weighted by Gasteiger charge is 2.29. The molecule has 3 N–H and O–H groups in total. The van der Waals surface area contributed by atoms with Gasteiger partial charge in [0.15, 0.2) is 11.0 Å². The van der Waals surface area contributed by atoms with Gasteiger partial charge >= 0.3 is 0 Å². The molecule has 2 aliphatic rings. The molecule has 0 amide bonds. The molecule has 37 heavy (non-hydrogen) atoms. The van der Waals surface area contributed by atoms with Crippen LogP contribution in [0.4, 0.5) is 33.2 Å². The van der Waals surface area contributed by atoms with Crippen LogP contribution in [0.3, 0.4) is 0 Å². The van der Waals surface area contributed by atoms with Crippen molar-refractivity contribution in [2.75, 3.05) is 67.3 Å². The summed E-state index contributed by atoms with van der Waals surface area (Å²) in [6.07, 6.45) is 2.99. The molecule has 2 aliphatic heterocycles. The number of hydrogen-bond donors (Lipinski definition) is 2. The fourth-order valence-corrected chi connectivity index (χ4v) is 4.87. The topological polar surface area (TPSA) is 109 Å². The zero-order valence-corrected chi connectivity index (χ0v) is 21.9. The predicted molar refractivity (Wildman–Crippen MR) is 144 cm³/mol. The van der Waals surface area contributed by atoms with Crippen molar-refractivity contribution in [1.29, 1.82) is 0 Å². The Kier molecular flexibility index (Phi) is 7.27. The number of halogens is 2. The number of benzene rings is 1. The third-order valence-electron chi connectivity index (χ3n) is 7.09. The lowest BCUT2D eigenvalue weighted by Crippen LogP contribution is -2.55. The maximum absolute atomic E-state index is 15.8. The van der Waals surface area contributed by atoms with E-state index in [9.17, 15) is 0 Å². The average Bonchev–Trinajstić information content (AvgIpc) is 2.91. The Morgan fingerprint density at radius 1 is 1.08 bits per heavy atom. The monoisotopic (exact) mass is 527 g/mol. The third kappa shape index (κ3) is 5.25. The summed E-state index contributed by atoms with van der Waals surface area (Å²) in [7, 11) is 2.11. The normalized spacial score (nSPS) is 20.8. The summed E-state index contributed by atoms with van der Waals surface area (Å²) < 4.78 is 21.2. The number of ether oxygens (including phenoxy) is 1. The molecule has 0 spiro atoms. The van der Waals surface area contributed by atoms with Crippen molar-refractivity contribution in [3.05, 3.63) is 41.7 Å². The number of hydrogen-bond acceptors (Lipinski definition) is 10. The number of nitrogen functional groups attached to an aromatic ring is 1. The number of morpholine rings is 1. The van der Waals surface area contributed by atoms with Crippen LogP contribution in [-0.2, 0) is 4.74 Å². The van der Waals surface area contributed by atoms with Gasteiger partial charge in [-0.25, -0.2) is 24.3 Å². The molecule has 10 nitrogen and oxygen atoms in total. The van der Waals surface area contributed by atoms with Crippen molar-refractivity contribution in [2.45, 2.75) is 25.9 Å². The first-order chi connectivity index (χ1) is 17.8. The summed E-state index contributed by atoms with van der Waals surface area (Å²) >= 11 is 6.14. The van der Waals surface area contributed by atoms with Crippen molar-refractivity contribution in [3.63, 3.8) is 0 Å². The molecule has 2 aromatic heterocycles. The molecule has 12 heteroatoms. The Balaban J connectivity index is 1.57. The van der Waals surface area contributed by atoms with E-state index in [4.69, 9.17) is 22.1 Å². The van der Waals surface area contributed by atoms with Gasteiger partial charge in [0.2, 0.25) is 5.95 Å². The van der Waals surface area contributed by atoms with Crippen LogP contribution in [0.15, 0.2) is 30.7 Å². The molecule has 2 saturated heterocycles. The van der Waals surface area contributed by atoms with Gasteiger partial charge in [0.1, 0.15) is 17.8 Å². The average molecular weight is 528 g/mol. The fraction of sp³-hybridized carbons (Fsp3) is 0.440. The van der Waals surface area contributed by atoms with Gasteiger partial charge in [0.25, 0.3) is 0 Å². The van der Waals surface area contributed by atoms with Gasteiger partial charge in [-0.3, -0.25) is 4.90 Å². The minimum atomic E-state index is -0.375. The number of rotatable bonds is 5. The lowest BCUT2D eigenvalue weighted by atomic mass is 10.0. The molecule has 1 aromatic carbocycles. The second-order valence-electron chi connectivity index (χ2n) is 9.51. The van der Waals surface area contributed by atoms with Crippen LogP contribution in [0, 0.1) is 5.82 Å². The minimum Gasteiger partial charge on any atom is -0.393 e. The van der Waals surface area contributed by atoms with Crippen LogP contribution >= 0.6 is 11.6 Å². The first-order valence-corrected chi connectivity index (χ1v) is 12.7. The second kappa shape index (κ2) is 10.6. The summed E-state index contributed by atoms with van der Waals surface area (Å²) in [6, 6.07) is 5.59. The van der Waals surface area contributed by atoms with Crippen LogP contribution in [0.5, 0.6) is 0 Å². The highest BCUT2D eigenvalue weighted by Crippen LogP contribution is 2.38. The summed E-state index contributed by atoms with van der Waals surface area (Å²) in [5.41, 5.74) is 8.56. The Labute approximate surface area is 220 Å². The number of piperazine rings is 1. The molecule has 4 heterocycles. The predicted octanol–water partition coefficient (Wildman–Crippen LogP) is 3.42. The van der Waals surface area contributed by atoms with Gasteiger partial charge in [-0.15, -0.1) is 0 Å². The number of nitrogens with zero attached hydrogens (tertiary/aromatic N) is 7. The van der Waals surface area contributed by atoms with Crippen molar-refractivity contribution < 1.29 is 9.13 Å². The van der Waals surface area contributed by atoms with E-state index in [0.29, 0.717) is 60.7 Å². The van der Waals surface area contributed by atoms with Gasteiger partial charge in [0, 0.05) is 50.0 Å². The highest BCUT2D eigenvalue weighted by molar-refractivity contribution is 6.32. The van der Waals surface area contributed by atoms with Gasteiger partial charge in [-0.05, 0) is 39.1 Å². The van der Waals surface area contributed by atoms with Gasteiger partial charge in [0.05, 0.1) is 30.3 Å². The minimum absolute atomic E-state index is 0.147. The van der Waals surface area contributed by atoms with Crippen molar-refractivity contribution in [2.24, 2.45) is 0 Å². The first-order valence-electron chi connectivity index (χ1n) is 12.3. The lowest BCUT2D eigenvalue weighted by Gasteiger charge is -2.44. The summed E-state index contributed by atoms with van der Waals surface area (Å²) in [6.45, 7) is 8.39.